The number of halogens is 6. The maximum absolute atomic E-state index is 12.5. The number of carbonyl (C=O) groups is 3. The zero-order chi connectivity index (χ0) is 24.1. The van der Waals surface area contributed by atoms with E-state index in [1.165, 1.54) is 6.92 Å². The fraction of sp³-hybridized carbons (Fsp3) is 0.353. The average molecular weight is 492 g/mol. The van der Waals surface area contributed by atoms with Crippen LogP contribution in [0.5, 0.6) is 0 Å². The van der Waals surface area contributed by atoms with Gasteiger partial charge < -0.3 is 14.6 Å². The Morgan fingerprint density at radius 1 is 0.935 bits per heavy atom. The number of aldehydes is 1. The third-order valence-electron chi connectivity index (χ3n) is 3.38. The Kier molecular flexibility index (Phi) is 8.78. The lowest BCUT2D eigenvalue weighted by Gasteiger charge is -2.05. The minimum Gasteiger partial charge on any atom is -0.465 e. The fourth-order valence-electron chi connectivity index (χ4n) is 1.99. The van der Waals surface area contributed by atoms with E-state index in [4.69, 9.17) is 0 Å². The van der Waals surface area contributed by atoms with Crippen LogP contribution in [0.4, 0.5) is 26.3 Å². The molecule has 6 nitrogen and oxygen atoms in total. The van der Waals surface area contributed by atoms with Crippen LogP contribution in [0.1, 0.15) is 58.0 Å². The number of hydrogen-bond acceptors (Lipinski definition) is 8. The van der Waals surface area contributed by atoms with Crippen molar-refractivity contribution in [2.75, 3.05) is 14.2 Å². The quantitative estimate of drug-likeness (QED) is 0.368. The van der Waals surface area contributed by atoms with E-state index in [1.807, 2.05) is 0 Å². The van der Waals surface area contributed by atoms with E-state index in [1.54, 1.807) is 0 Å². The lowest BCUT2D eigenvalue weighted by Crippen LogP contribution is -2.10. The summed E-state index contributed by atoms with van der Waals surface area (Å²) < 4.78 is 83.2. The van der Waals surface area contributed by atoms with Gasteiger partial charge >= 0.3 is 24.3 Å². The first-order valence-corrected chi connectivity index (χ1v) is 9.52. The van der Waals surface area contributed by atoms with Crippen molar-refractivity contribution in [1.82, 2.24) is 0 Å². The first-order valence-electron chi connectivity index (χ1n) is 7.89. The van der Waals surface area contributed by atoms with Gasteiger partial charge in [-0.3, -0.25) is 4.79 Å². The highest BCUT2D eigenvalue weighted by Crippen LogP contribution is 2.39. The number of hydrogen-bond donors (Lipinski definition) is 1. The van der Waals surface area contributed by atoms with Gasteiger partial charge in [0.05, 0.1) is 36.3 Å². The molecule has 14 heteroatoms. The number of alkyl halides is 6. The van der Waals surface area contributed by atoms with Crippen LogP contribution < -0.4 is 0 Å². The Morgan fingerprint density at radius 2 is 1.35 bits per heavy atom. The van der Waals surface area contributed by atoms with Gasteiger partial charge in [-0.1, -0.05) is 0 Å². The smallest absolute Gasteiger partial charge is 0.418 e. The number of aliphatic hydroxyl groups excluding tert-OH is 1. The zero-order valence-corrected chi connectivity index (χ0v) is 17.5. The van der Waals surface area contributed by atoms with Crippen LogP contribution in [-0.2, 0) is 21.8 Å². The second-order valence-electron chi connectivity index (χ2n) is 5.56. The Hall–Kier alpha value is -2.45. The highest BCUT2D eigenvalue weighted by Gasteiger charge is 2.39. The Bertz CT molecular complexity index is 942. The van der Waals surface area contributed by atoms with Crippen molar-refractivity contribution >= 4 is 40.9 Å². The van der Waals surface area contributed by atoms with Crippen LogP contribution in [0.3, 0.4) is 0 Å². The molecule has 0 bridgehead atoms. The summed E-state index contributed by atoms with van der Waals surface area (Å²) in [5.41, 5.74) is -2.21. The molecule has 172 valence electrons. The molecule has 31 heavy (non-hydrogen) atoms. The van der Waals surface area contributed by atoms with E-state index in [0.29, 0.717) is 28.7 Å². The highest BCUT2D eigenvalue weighted by molar-refractivity contribution is 7.15. The lowest BCUT2D eigenvalue weighted by atomic mass is 10.2. The van der Waals surface area contributed by atoms with Crippen molar-refractivity contribution in [2.24, 2.45) is 0 Å². The van der Waals surface area contributed by atoms with Gasteiger partial charge in [-0.15, -0.1) is 22.7 Å². The number of thiophene rings is 2. The van der Waals surface area contributed by atoms with Gasteiger partial charge in [-0.2, -0.15) is 26.3 Å². The Balaban J connectivity index is 0.000000311. The second kappa shape index (κ2) is 10.2. The monoisotopic (exact) mass is 492 g/mol. The van der Waals surface area contributed by atoms with Crippen molar-refractivity contribution in [1.29, 1.82) is 0 Å². The summed E-state index contributed by atoms with van der Waals surface area (Å²) in [5.74, 6) is -2.15. The molecule has 0 saturated carbocycles. The van der Waals surface area contributed by atoms with Crippen LogP contribution in [0, 0.1) is 0 Å². The number of aliphatic hydroxyl groups is 1. The molecule has 0 amide bonds. The number of ether oxygens (including phenoxy) is 2. The molecule has 2 rings (SSSR count). The molecular weight excluding hydrogens is 478 g/mol. The summed E-state index contributed by atoms with van der Waals surface area (Å²) in [6.07, 6.45) is -10.1. The van der Waals surface area contributed by atoms with Gasteiger partial charge in [0, 0.05) is 4.88 Å². The molecule has 0 aliphatic heterocycles. The van der Waals surface area contributed by atoms with Gasteiger partial charge in [0.2, 0.25) is 0 Å². The highest BCUT2D eigenvalue weighted by atomic mass is 32.1. The molecule has 0 radical (unpaired) electrons. The Morgan fingerprint density at radius 3 is 1.71 bits per heavy atom. The summed E-state index contributed by atoms with van der Waals surface area (Å²) in [6.45, 7) is 1.33. The van der Waals surface area contributed by atoms with Crippen LogP contribution >= 0.6 is 22.7 Å². The average Bonchev–Trinajstić information content (AvgIpc) is 3.31. The van der Waals surface area contributed by atoms with E-state index in [9.17, 15) is 45.8 Å². The van der Waals surface area contributed by atoms with Crippen molar-refractivity contribution in [3.05, 3.63) is 42.8 Å². The maximum atomic E-state index is 12.5. The first-order chi connectivity index (χ1) is 14.2. The first kappa shape index (κ1) is 26.6. The van der Waals surface area contributed by atoms with E-state index in [2.05, 4.69) is 9.47 Å². The predicted molar refractivity (Wildman–Crippen MR) is 97.3 cm³/mol. The molecule has 0 aliphatic carbocycles. The van der Waals surface area contributed by atoms with Gasteiger partial charge in [-0.25, -0.2) is 9.59 Å². The lowest BCUT2D eigenvalue weighted by molar-refractivity contribution is -0.138. The summed E-state index contributed by atoms with van der Waals surface area (Å²) in [5, 5.41) is 9.17. The van der Waals surface area contributed by atoms with Gasteiger partial charge in [0.1, 0.15) is 9.75 Å². The molecule has 2 aromatic rings. The normalized spacial score (nSPS) is 12.5. The van der Waals surface area contributed by atoms with E-state index < -0.39 is 51.3 Å². The molecule has 0 spiro atoms. The fourth-order valence-corrected chi connectivity index (χ4v) is 3.94. The topological polar surface area (TPSA) is 89.9 Å². The second-order valence-corrected chi connectivity index (χ2v) is 7.72. The maximum Gasteiger partial charge on any atom is 0.418 e. The van der Waals surface area contributed by atoms with Crippen LogP contribution in [0.15, 0.2) is 12.1 Å². The van der Waals surface area contributed by atoms with Crippen molar-refractivity contribution in [2.45, 2.75) is 25.4 Å². The van der Waals surface area contributed by atoms with Crippen LogP contribution in [0.25, 0.3) is 0 Å². The molecule has 1 N–H and O–H groups in total. The van der Waals surface area contributed by atoms with Gasteiger partial charge in [0.15, 0.2) is 6.29 Å². The zero-order valence-electron chi connectivity index (χ0n) is 15.9. The molecule has 0 aliphatic rings. The number of rotatable bonds is 4. The molecule has 0 saturated heterocycles. The van der Waals surface area contributed by atoms with Gasteiger partial charge in [0.25, 0.3) is 0 Å². The third kappa shape index (κ3) is 6.77. The predicted octanol–water partition coefficient (Wildman–Crippen LogP) is 4.97. The Labute approximate surface area is 179 Å². The minimum absolute atomic E-state index is 0.0766. The van der Waals surface area contributed by atoms with Crippen LogP contribution in [-0.4, -0.2) is 37.6 Å². The number of carbonyl (C=O) groups excluding carboxylic acids is 3. The summed E-state index contributed by atoms with van der Waals surface area (Å²) in [6, 6.07) is 1.39. The molecule has 0 aromatic carbocycles. The van der Waals surface area contributed by atoms with Crippen LogP contribution in [0.2, 0.25) is 0 Å². The molecule has 2 aromatic heterocycles. The molecular formula is C17H14F6O6S2. The van der Waals surface area contributed by atoms with E-state index >= 15 is 0 Å². The number of methoxy groups -OCH3 is 2. The van der Waals surface area contributed by atoms with E-state index in [-0.39, 0.29) is 16.0 Å². The number of esters is 2. The summed E-state index contributed by atoms with van der Waals surface area (Å²) >= 11 is 1.04. The van der Waals surface area contributed by atoms with Gasteiger partial charge in [-0.05, 0) is 19.1 Å². The molecule has 0 fully saturated rings. The van der Waals surface area contributed by atoms with Crippen molar-refractivity contribution in [3.8, 4) is 0 Å². The largest absolute Gasteiger partial charge is 0.465 e. The molecule has 2 heterocycles. The summed E-state index contributed by atoms with van der Waals surface area (Å²) in [4.78, 5) is 31.2. The molecule has 1 atom stereocenters. The van der Waals surface area contributed by atoms with Crippen molar-refractivity contribution in [3.63, 3.8) is 0 Å². The van der Waals surface area contributed by atoms with E-state index in [0.717, 1.165) is 20.3 Å². The van der Waals surface area contributed by atoms with Crippen molar-refractivity contribution < 1.29 is 55.3 Å². The standard InChI is InChI=1S/C9H9F3O3S.C8H5F3O3S/c1-4(13)6-3-5(9(10,11)12)7(16-6)8(14)15-2;1-14-7(13)6-5(8(9,10)11)2-4(3-12)15-6/h3-4,13H,1-2H3;2-3H,1H3. The minimum atomic E-state index is -4.67. The third-order valence-corrected chi connectivity index (χ3v) is 5.71. The summed E-state index contributed by atoms with van der Waals surface area (Å²) in [7, 11) is 1.98. The SMILES string of the molecule is COC(=O)c1sc(C(C)O)cc1C(F)(F)F.COC(=O)c1sc(C=O)cc1C(F)(F)F. The molecule has 1 unspecified atom stereocenters.